The van der Waals surface area contributed by atoms with Crippen LogP contribution >= 0.6 is 0 Å². The van der Waals surface area contributed by atoms with Gasteiger partial charge in [0.15, 0.2) is 0 Å². The highest BCUT2D eigenvalue weighted by atomic mass is 16.5. The Morgan fingerprint density at radius 3 is 2.22 bits per heavy atom. The van der Waals surface area contributed by atoms with Gasteiger partial charge in [0.1, 0.15) is 0 Å². The Balaban J connectivity index is 4.90. The number of rotatable bonds is 8. The number of ether oxygens (including phenoxy) is 1. The molecule has 0 heterocycles. The van der Waals surface area contributed by atoms with E-state index in [-0.39, 0.29) is 24.1 Å². The van der Waals surface area contributed by atoms with Crippen LogP contribution in [0.5, 0.6) is 0 Å². The number of methoxy groups -OCH3 is 1. The van der Waals surface area contributed by atoms with E-state index < -0.39 is 0 Å². The van der Waals surface area contributed by atoms with E-state index in [1.807, 2.05) is 0 Å². The summed E-state index contributed by atoms with van der Waals surface area (Å²) in [6, 6.07) is 0.314. The molecule has 0 radical (unpaired) electrons. The van der Waals surface area contributed by atoms with Crippen LogP contribution < -0.4 is 5.73 Å². The average Bonchev–Trinajstić information content (AvgIpc) is 2.31. The third-order valence-corrected chi connectivity index (χ3v) is 3.74. The minimum absolute atomic E-state index is 0.0184. The van der Waals surface area contributed by atoms with E-state index in [0.717, 1.165) is 13.0 Å². The molecule has 3 atom stereocenters. The van der Waals surface area contributed by atoms with Crippen LogP contribution in [0, 0.1) is 5.41 Å². The Morgan fingerprint density at radius 1 is 1.33 bits per heavy atom. The zero-order valence-electron chi connectivity index (χ0n) is 12.9. The van der Waals surface area contributed by atoms with Crippen molar-refractivity contribution in [3.05, 3.63) is 0 Å². The zero-order valence-corrected chi connectivity index (χ0v) is 12.9. The van der Waals surface area contributed by atoms with E-state index in [9.17, 15) is 5.11 Å². The van der Waals surface area contributed by atoms with Crippen LogP contribution in [0.1, 0.15) is 41.0 Å². The minimum atomic E-state index is -0.0617. The first-order valence-electron chi connectivity index (χ1n) is 6.90. The summed E-state index contributed by atoms with van der Waals surface area (Å²) in [7, 11) is 1.70. The number of nitrogens with zero attached hydrogens (tertiary/aromatic N) is 1. The lowest BCUT2D eigenvalue weighted by Gasteiger charge is -2.42. The molecule has 0 saturated heterocycles. The van der Waals surface area contributed by atoms with E-state index in [4.69, 9.17) is 10.5 Å². The number of hydrogen-bond donors (Lipinski definition) is 2. The average molecular weight is 260 g/mol. The second-order valence-electron chi connectivity index (χ2n) is 6.13. The second kappa shape index (κ2) is 8.10. The highest BCUT2D eigenvalue weighted by Crippen LogP contribution is 2.24. The summed E-state index contributed by atoms with van der Waals surface area (Å²) >= 11 is 0. The molecule has 3 N–H and O–H groups in total. The number of hydrogen-bond acceptors (Lipinski definition) is 4. The van der Waals surface area contributed by atoms with Crippen molar-refractivity contribution < 1.29 is 9.84 Å². The van der Waals surface area contributed by atoms with Gasteiger partial charge in [-0.15, -0.1) is 0 Å². The fourth-order valence-corrected chi connectivity index (χ4v) is 2.15. The number of aliphatic hydroxyl groups is 1. The van der Waals surface area contributed by atoms with Gasteiger partial charge in [0.2, 0.25) is 0 Å². The van der Waals surface area contributed by atoms with Crippen LogP contribution in [-0.4, -0.2) is 55.0 Å². The fourth-order valence-electron chi connectivity index (χ4n) is 2.15. The van der Waals surface area contributed by atoms with Gasteiger partial charge >= 0.3 is 0 Å². The predicted octanol–water partition coefficient (Wildman–Crippen LogP) is 1.47. The lowest BCUT2D eigenvalue weighted by atomic mass is 9.82. The van der Waals surface area contributed by atoms with Gasteiger partial charge in [0, 0.05) is 31.8 Å². The Labute approximate surface area is 112 Å². The van der Waals surface area contributed by atoms with Crippen LogP contribution in [0.4, 0.5) is 0 Å². The van der Waals surface area contributed by atoms with Gasteiger partial charge in [-0.3, -0.25) is 4.90 Å². The smallest absolute Gasteiger partial charge is 0.0602 e. The van der Waals surface area contributed by atoms with Gasteiger partial charge in [0.05, 0.1) is 13.2 Å². The molecular formula is C14H32N2O2. The van der Waals surface area contributed by atoms with Crippen LogP contribution in [0.15, 0.2) is 0 Å². The molecule has 0 rings (SSSR count). The molecule has 0 fully saturated rings. The monoisotopic (exact) mass is 260 g/mol. The first-order valence-corrected chi connectivity index (χ1v) is 6.90. The summed E-state index contributed by atoms with van der Waals surface area (Å²) in [4.78, 5) is 2.28. The van der Waals surface area contributed by atoms with Crippen LogP contribution in [0.3, 0.4) is 0 Å². The van der Waals surface area contributed by atoms with Crippen LogP contribution in [-0.2, 0) is 4.74 Å². The zero-order chi connectivity index (χ0) is 14.3. The second-order valence-corrected chi connectivity index (χ2v) is 6.13. The maximum Gasteiger partial charge on any atom is 0.0602 e. The molecule has 4 nitrogen and oxygen atoms in total. The minimum Gasteiger partial charge on any atom is -0.395 e. The maximum atomic E-state index is 9.71. The van der Waals surface area contributed by atoms with E-state index >= 15 is 0 Å². The molecule has 0 aliphatic heterocycles. The van der Waals surface area contributed by atoms with Crippen molar-refractivity contribution in [3.8, 4) is 0 Å². The lowest BCUT2D eigenvalue weighted by Crippen LogP contribution is -2.58. The Hall–Kier alpha value is -0.160. The summed E-state index contributed by atoms with van der Waals surface area (Å²) in [5.74, 6) is 0. The molecule has 110 valence electrons. The van der Waals surface area contributed by atoms with Gasteiger partial charge < -0.3 is 15.6 Å². The largest absolute Gasteiger partial charge is 0.395 e. The summed E-state index contributed by atoms with van der Waals surface area (Å²) in [5, 5.41) is 9.71. The van der Waals surface area contributed by atoms with Crippen molar-refractivity contribution in [2.45, 2.75) is 59.2 Å². The lowest BCUT2D eigenvalue weighted by molar-refractivity contribution is 0.0256. The van der Waals surface area contributed by atoms with Gasteiger partial charge in [0.25, 0.3) is 0 Å². The summed E-state index contributed by atoms with van der Waals surface area (Å²) in [5.41, 5.74) is 6.31. The topological polar surface area (TPSA) is 58.7 Å². The molecule has 0 amide bonds. The van der Waals surface area contributed by atoms with Gasteiger partial charge in [-0.2, -0.15) is 0 Å². The van der Waals surface area contributed by atoms with E-state index in [1.165, 1.54) is 0 Å². The molecule has 0 saturated carbocycles. The molecule has 0 aromatic heterocycles. The Bertz CT molecular complexity index is 216. The Kier molecular flexibility index (Phi) is 8.03. The normalized spacial score (nSPS) is 17.8. The molecule has 0 bridgehead atoms. The Morgan fingerprint density at radius 2 is 1.89 bits per heavy atom. The highest BCUT2D eigenvalue weighted by Gasteiger charge is 2.34. The molecule has 0 aliphatic carbocycles. The standard InChI is InChI=1S/C14H32N2O2/c1-7-11(2)16(8-9-18-6)12(10-17)13(15)14(3,4)5/h11-13,17H,7-10,15H2,1-6H3. The molecule has 18 heavy (non-hydrogen) atoms. The van der Waals surface area contributed by atoms with Crippen molar-refractivity contribution in [2.75, 3.05) is 26.9 Å². The van der Waals surface area contributed by atoms with Gasteiger partial charge in [-0.1, -0.05) is 27.7 Å². The van der Waals surface area contributed by atoms with Crippen molar-refractivity contribution in [2.24, 2.45) is 11.1 Å². The fraction of sp³-hybridized carbons (Fsp3) is 1.00. The van der Waals surface area contributed by atoms with Crippen molar-refractivity contribution in [3.63, 3.8) is 0 Å². The molecule has 0 spiro atoms. The van der Waals surface area contributed by atoms with Gasteiger partial charge in [-0.05, 0) is 18.8 Å². The number of nitrogens with two attached hydrogens (primary N) is 1. The van der Waals surface area contributed by atoms with Crippen molar-refractivity contribution in [1.29, 1.82) is 0 Å². The molecular weight excluding hydrogens is 228 g/mol. The van der Waals surface area contributed by atoms with Crippen LogP contribution in [0.25, 0.3) is 0 Å². The summed E-state index contributed by atoms with van der Waals surface area (Å²) in [6.07, 6.45) is 1.04. The molecule has 0 aromatic carbocycles. The van der Waals surface area contributed by atoms with Crippen molar-refractivity contribution >= 4 is 0 Å². The quantitative estimate of drug-likeness (QED) is 0.694. The molecule has 4 heteroatoms. The first kappa shape index (κ1) is 17.8. The van der Waals surface area contributed by atoms with E-state index in [2.05, 4.69) is 39.5 Å². The van der Waals surface area contributed by atoms with Crippen molar-refractivity contribution in [1.82, 2.24) is 4.90 Å². The highest BCUT2D eigenvalue weighted by molar-refractivity contribution is 4.91. The third kappa shape index (κ3) is 5.22. The molecule has 0 aliphatic rings. The summed E-state index contributed by atoms with van der Waals surface area (Å²) in [6.45, 7) is 12.2. The van der Waals surface area contributed by atoms with Crippen LogP contribution in [0.2, 0.25) is 0 Å². The van der Waals surface area contributed by atoms with E-state index in [1.54, 1.807) is 7.11 Å². The molecule has 0 aromatic rings. The van der Waals surface area contributed by atoms with Gasteiger partial charge in [-0.25, -0.2) is 0 Å². The molecule has 3 unspecified atom stereocenters. The SMILES string of the molecule is CCC(C)N(CCOC)C(CO)C(N)C(C)(C)C. The maximum absolute atomic E-state index is 9.71. The predicted molar refractivity (Wildman–Crippen MR) is 76.6 cm³/mol. The third-order valence-electron chi connectivity index (χ3n) is 3.74. The first-order chi connectivity index (χ1) is 8.29. The number of aliphatic hydroxyl groups excluding tert-OH is 1. The van der Waals surface area contributed by atoms with E-state index in [0.29, 0.717) is 12.6 Å². The summed E-state index contributed by atoms with van der Waals surface area (Å²) < 4.78 is 5.16.